The van der Waals surface area contributed by atoms with Crippen molar-refractivity contribution < 1.29 is 4.74 Å². The van der Waals surface area contributed by atoms with E-state index in [1.807, 2.05) is 0 Å². The van der Waals surface area contributed by atoms with Crippen LogP contribution in [0.1, 0.15) is 47.5 Å². The minimum atomic E-state index is 0.480. The highest BCUT2D eigenvalue weighted by Gasteiger charge is 2.27. The van der Waals surface area contributed by atoms with Crippen LogP contribution in [-0.2, 0) is 4.74 Å². The largest absolute Gasteiger partial charge is 0.379 e. The van der Waals surface area contributed by atoms with Crippen LogP contribution in [0.4, 0.5) is 0 Å². The Morgan fingerprint density at radius 1 is 0.900 bits per heavy atom. The molecule has 0 amide bonds. The van der Waals surface area contributed by atoms with Gasteiger partial charge in [0.2, 0.25) is 0 Å². The zero-order valence-electron chi connectivity index (χ0n) is 20.3. The maximum Gasteiger partial charge on any atom is 0.191 e. The van der Waals surface area contributed by atoms with Gasteiger partial charge in [-0.2, -0.15) is 0 Å². The molecule has 7 nitrogen and oxygen atoms in total. The van der Waals surface area contributed by atoms with Gasteiger partial charge in [0.25, 0.3) is 0 Å². The first-order valence-corrected chi connectivity index (χ1v) is 12.4. The first-order valence-electron chi connectivity index (χ1n) is 12.4. The summed E-state index contributed by atoms with van der Waals surface area (Å²) in [5.41, 5.74) is 0. The Hall–Kier alpha value is -0.890. The first-order chi connectivity index (χ1) is 14.6. The van der Waals surface area contributed by atoms with Crippen LogP contribution in [0.5, 0.6) is 0 Å². The van der Waals surface area contributed by atoms with Crippen LogP contribution in [-0.4, -0.2) is 111 Å². The van der Waals surface area contributed by atoms with Gasteiger partial charge in [0.05, 0.1) is 19.8 Å². The molecular formula is C23H48N6O. The zero-order chi connectivity index (χ0) is 21.8. The van der Waals surface area contributed by atoms with Crippen molar-refractivity contribution in [3.63, 3.8) is 0 Å². The molecule has 0 aromatic heterocycles. The quantitative estimate of drug-likeness (QED) is 0.389. The highest BCUT2D eigenvalue weighted by atomic mass is 16.5. The average Bonchev–Trinajstić information content (AvgIpc) is 2.80. The van der Waals surface area contributed by atoms with Gasteiger partial charge in [0, 0.05) is 64.4 Å². The minimum absolute atomic E-state index is 0.480. The predicted octanol–water partition coefficient (Wildman–Crippen LogP) is 1.70. The molecule has 30 heavy (non-hydrogen) atoms. The van der Waals surface area contributed by atoms with E-state index in [4.69, 9.17) is 9.73 Å². The molecule has 0 saturated carbocycles. The molecule has 2 aliphatic heterocycles. The van der Waals surface area contributed by atoms with Gasteiger partial charge in [0.1, 0.15) is 0 Å². The van der Waals surface area contributed by atoms with Crippen molar-refractivity contribution in [2.45, 2.75) is 59.5 Å². The number of nitrogens with one attached hydrogen (secondary N) is 2. The lowest BCUT2D eigenvalue weighted by Gasteiger charge is -2.39. The number of rotatable bonds is 11. The predicted molar refractivity (Wildman–Crippen MR) is 127 cm³/mol. The van der Waals surface area contributed by atoms with Crippen molar-refractivity contribution in [1.82, 2.24) is 25.3 Å². The summed E-state index contributed by atoms with van der Waals surface area (Å²) in [7, 11) is 0. The van der Waals surface area contributed by atoms with Crippen LogP contribution in [0.15, 0.2) is 4.99 Å². The van der Waals surface area contributed by atoms with Gasteiger partial charge >= 0.3 is 0 Å². The van der Waals surface area contributed by atoms with Crippen LogP contribution in [0.3, 0.4) is 0 Å². The number of hydrogen-bond acceptors (Lipinski definition) is 5. The fraction of sp³-hybridized carbons (Fsp3) is 0.957. The monoisotopic (exact) mass is 424 g/mol. The third-order valence-corrected chi connectivity index (χ3v) is 6.92. The Balaban J connectivity index is 1.91. The molecule has 2 atom stereocenters. The molecule has 0 aromatic carbocycles. The molecular weight excluding hydrogens is 376 g/mol. The van der Waals surface area contributed by atoms with Crippen LogP contribution < -0.4 is 10.6 Å². The second-order valence-electron chi connectivity index (χ2n) is 8.71. The molecule has 0 aromatic rings. The maximum absolute atomic E-state index is 5.59. The van der Waals surface area contributed by atoms with Crippen molar-refractivity contribution in [2.24, 2.45) is 10.9 Å². The molecule has 2 fully saturated rings. The Morgan fingerprint density at radius 3 is 2.13 bits per heavy atom. The van der Waals surface area contributed by atoms with Crippen LogP contribution in [0, 0.1) is 5.92 Å². The summed E-state index contributed by atoms with van der Waals surface area (Å²) in [5, 5.41) is 7.13. The third kappa shape index (κ3) is 7.98. The Kier molecular flexibility index (Phi) is 12.0. The number of piperazine rings is 1. The highest BCUT2D eigenvalue weighted by Crippen LogP contribution is 2.19. The van der Waals surface area contributed by atoms with Crippen molar-refractivity contribution in [2.75, 3.05) is 78.7 Å². The molecule has 176 valence electrons. The molecule has 2 unspecified atom stereocenters. The molecule has 2 aliphatic rings. The summed E-state index contributed by atoms with van der Waals surface area (Å²) < 4.78 is 5.59. The van der Waals surface area contributed by atoms with E-state index in [-0.39, 0.29) is 0 Å². The highest BCUT2D eigenvalue weighted by molar-refractivity contribution is 5.79. The van der Waals surface area contributed by atoms with Gasteiger partial charge in [0.15, 0.2) is 5.96 Å². The van der Waals surface area contributed by atoms with E-state index in [2.05, 4.69) is 60.0 Å². The number of morpholine rings is 1. The number of guanidine groups is 1. The number of hydrogen-bond donors (Lipinski definition) is 2. The van der Waals surface area contributed by atoms with Crippen molar-refractivity contribution >= 4 is 5.96 Å². The molecule has 0 spiro atoms. The van der Waals surface area contributed by atoms with Crippen molar-refractivity contribution in [3.8, 4) is 0 Å². The topological polar surface area (TPSA) is 55.4 Å². The number of ether oxygens (including phenoxy) is 1. The van der Waals surface area contributed by atoms with Gasteiger partial charge in [-0.1, -0.05) is 33.6 Å². The van der Waals surface area contributed by atoms with Gasteiger partial charge < -0.3 is 20.3 Å². The van der Waals surface area contributed by atoms with Gasteiger partial charge in [-0.15, -0.1) is 0 Å². The standard InChI is InChI=1S/C23H48N6O/c1-6-21(7-2)22(29-14-16-30-17-15-29)19-26-23(24-8-3)25-18-20(5)28-12-10-27(9-4)11-13-28/h20-22H,6-19H2,1-5H3,(H2,24,25,26). The van der Waals surface area contributed by atoms with Crippen LogP contribution in [0.2, 0.25) is 0 Å². The van der Waals surface area contributed by atoms with E-state index in [1.165, 1.54) is 25.9 Å². The number of aliphatic imine (C=N–C) groups is 1. The molecule has 2 rings (SSSR count). The number of nitrogens with zero attached hydrogens (tertiary/aromatic N) is 4. The van der Waals surface area contributed by atoms with E-state index in [0.717, 1.165) is 71.5 Å². The molecule has 2 heterocycles. The molecule has 0 bridgehead atoms. The van der Waals surface area contributed by atoms with Gasteiger partial charge in [-0.25, -0.2) is 0 Å². The van der Waals surface area contributed by atoms with Gasteiger partial charge in [-0.3, -0.25) is 14.8 Å². The molecule has 0 radical (unpaired) electrons. The fourth-order valence-electron chi connectivity index (χ4n) is 4.74. The minimum Gasteiger partial charge on any atom is -0.379 e. The zero-order valence-corrected chi connectivity index (χ0v) is 20.3. The third-order valence-electron chi connectivity index (χ3n) is 6.92. The Bertz CT molecular complexity index is 470. The summed E-state index contributed by atoms with van der Waals surface area (Å²) in [6.45, 7) is 23.7. The summed E-state index contributed by atoms with van der Waals surface area (Å²) in [6.07, 6.45) is 2.43. The number of likely N-dealkylation sites (N-methyl/N-ethyl adjacent to an activating group) is 1. The van der Waals surface area contributed by atoms with E-state index in [1.54, 1.807) is 0 Å². The fourth-order valence-corrected chi connectivity index (χ4v) is 4.74. The van der Waals surface area contributed by atoms with E-state index >= 15 is 0 Å². The lowest BCUT2D eigenvalue weighted by atomic mass is 9.92. The Morgan fingerprint density at radius 2 is 1.57 bits per heavy atom. The van der Waals surface area contributed by atoms with Gasteiger partial charge in [-0.05, 0) is 26.3 Å². The maximum atomic E-state index is 5.59. The second-order valence-corrected chi connectivity index (χ2v) is 8.71. The van der Waals surface area contributed by atoms with E-state index in [9.17, 15) is 0 Å². The lowest BCUT2D eigenvalue weighted by molar-refractivity contribution is 0.00272. The summed E-state index contributed by atoms with van der Waals surface area (Å²) in [5.74, 6) is 1.66. The second kappa shape index (κ2) is 14.2. The molecule has 0 aliphatic carbocycles. The van der Waals surface area contributed by atoms with E-state index in [0.29, 0.717) is 18.0 Å². The SMILES string of the molecule is CCNC(=NCC(C)N1CCN(CC)CC1)NCC(C(CC)CC)N1CCOCC1. The molecule has 2 saturated heterocycles. The van der Waals surface area contributed by atoms with Crippen molar-refractivity contribution in [1.29, 1.82) is 0 Å². The smallest absolute Gasteiger partial charge is 0.191 e. The summed E-state index contributed by atoms with van der Waals surface area (Å²) in [4.78, 5) is 12.7. The average molecular weight is 425 g/mol. The first kappa shape index (κ1) is 25.4. The van der Waals surface area contributed by atoms with Crippen LogP contribution in [0.25, 0.3) is 0 Å². The molecule has 2 N–H and O–H groups in total. The summed E-state index contributed by atoms with van der Waals surface area (Å²) >= 11 is 0. The van der Waals surface area contributed by atoms with E-state index < -0.39 is 0 Å². The molecule has 7 heteroatoms. The normalized spacial score (nSPS) is 22.3. The summed E-state index contributed by atoms with van der Waals surface area (Å²) in [6, 6.07) is 1.01. The Labute approximate surface area is 185 Å². The van der Waals surface area contributed by atoms with Crippen LogP contribution >= 0.6 is 0 Å². The lowest BCUT2D eigenvalue weighted by Crippen LogP contribution is -2.53. The van der Waals surface area contributed by atoms with Crippen molar-refractivity contribution in [3.05, 3.63) is 0 Å².